The molecule has 2 rings (SSSR count). The van der Waals surface area contributed by atoms with Gasteiger partial charge in [0.1, 0.15) is 0 Å². The number of nitrogens with zero attached hydrogens (tertiary/aromatic N) is 1. The normalized spacial score (nSPS) is 17.3. The molecule has 0 bridgehead atoms. The van der Waals surface area contributed by atoms with E-state index in [4.69, 9.17) is 4.74 Å². The Morgan fingerprint density at radius 3 is 2.73 bits per heavy atom. The Hall–Kier alpha value is -1.59. The van der Waals surface area contributed by atoms with E-state index in [1.54, 1.807) is 4.90 Å². The highest BCUT2D eigenvalue weighted by Gasteiger charge is 2.21. The zero-order chi connectivity index (χ0) is 15.8. The minimum absolute atomic E-state index is 0.0400. The third-order valence-corrected chi connectivity index (χ3v) is 3.87. The molecule has 1 fully saturated rings. The van der Waals surface area contributed by atoms with Gasteiger partial charge in [0.15, 0.2) is 0 Å². The van der Waals surface area contributed by atoms with Gasteiger partial charge in [-0.25, -0.2) is 4.79 Å². The highest BCUT2D eigenvalue weighted by atomic mass is 16.5. The summed E-state index contributed by atoms with van der Waals surface area (Å²) in [5, 5.41) is 12.4. The zero-order valence-electron chi connectivity index (χ0n) is 13.2. The summed E-state index contributed by atoms with van der Waals surface area (Å²) in [6, 6.07) is 10.0. The van der Waals surface area contributed by atoms with E-state index in [0.717, 1.165) is 5.56 Å². The van der Waals surface area contributed by atoms with Crippen LogP contribution in [0.4, 0.5) is 4.79 Å². The van der Waals surface area contributed by atoms with Gasteiger partial charge in [0.05, 0.1) is 19.3 Å². The first-order valence-corrected chi connectivity index (χ1v) is 7.97. The first kappa shape index (κ1) is 16.8. The molecule has 1 aromatic rings. The lowest BCUT2D eigenvalue weighted by atomic mass is 10.1. The van der Waals surface area contributed by atoms with Crippen molar-refractivity contribution in [3.8, 4) is 0 Å². The molecular formula is C17H26N2O3. The third-order valence-electron chi connectivity index (χ3n) is 3.87. The lowest BCUT2D eigenvalue weighted by Crippen LogP contribution is -2.46. The number of urea groups is 1. The summed E-state index contributed by atoms with van der Waals surface area (Å²) in [6.45, 7) is 5.15. The summed E-state index contributed by atoms with van der Waals surface area (Å²) in [6.07, 6.45) is 1.08. The van der Waals surface area contributed by atoms with E-state index in [9.17, 15) is 9.90 Å². The van der Waals surface area contributed by atoms with E-state index in [-0.39, 0.29) is 18.1 Å². The van der Waals surface area contributed by atoms with Crippen LogP contribution >= 0.6 is 0 Å². The average molecular weight is 306 g/mol. The van der Waals surface area contributed by atoms with E-state index >= 15 is 0 Å². The Labute approximate surface area is 132 Å². The van der Waals surface area contributed by atoms with Crippen LogP contribution in [-0.2, 0) is 11.3 Å². The number of amides is 2. The molecule has 2 N–H and O–H groups in total. The Morgan fingerprint density at radius 2 is 2.05 bits per heavy atom. The number of aliphatic hydroxyl groups is 1. The molecular weight excluding hydrogens is 280 g/mol. The Balaban J connectivity index is 1.59. The lowest BCUT2D eigenvalue weighted by Gasteiger charge is -2.30. The van der Waals surface area contributed by atoms with Gasteiger partial charge in [-0.05, 0) is 24.3 Å². The number of nitrogens with one attached hydrogen (secondary N) is 1. The van der Waals surface area contributed by atoms with Crippen molar-refractivity contribution in [1.29, 1.82) is 0 Å². The quantitative estimate of drug-likeness (QED) is 0.845. The van der Waals surface area contributed by atoms with Crippen molar-refractivity contribution < 1.29 is 14.6 Å². The van der Waals surface area contributed by atoms with E-state index < -0.39 is 0 Å². The van der Waals surface area contributed by atoms with Crippen molar-refractivity contribution in [2.24, 2.45) is 5.92 Å². The molecule has 0 radical (unpaired) electrons. The first-order valence-electron chi connectivity index (χ1n) is 7.97. The number of rotatable bonds is 6. The second-order valence-corrected chi connectivity index (χ2v) is 6.01. The maximum atomic E-state index is 12.0. The monoisotopic (exact) mass is 306 g/mol. The molecule has 1 heterocycles. The van der Waals surface area contributed by atoms with Gasteiger partial charge in [-0.3, -0.25) is 0 Å². The third kappa shape index (κ3) is 5.66. The summed E-state index contributed by atoms with van der Waals surface area (Å²) in [5.74, 6) is 0.267. The van der Waals surface area contributed by atoms with Gasteiger partial charge in [-0.2, -0.15) is 0 Å². The van der Waals surface area contributed by atoms with Gasteiger partial charge in [0.25, 0.3) is 0 Å². The summed E-state index contributed by atoms with van der Waals surface area (Å²) in [4.78, 5) is 13.8. The van der Waals surface area contributed by atoms with Gasteiger partial charge >= 0.3 is 6.03 Å². The number of likely N-dealkylation sites (tertiary alicyclic amines) is 1. The number of hydrogen-bond donors (Lipinski definition) is 2. The topological polar surface area (TPSA) is 61.8 Å². The number of hydrogen-bond acceptors (Lipinski definition) is 3. The Morgan fingerprint density at radius 1 is 1.36 bits per heavy atom. The summed E-state index contributed by atoms with van der Waals surface area (Å²) >= 11 is 0. The fraction of sp³-hybridized carbons (Fsp3) is 0.588. The van der Waals surface area contributed by atoms with Crippen LogP contribution in [0.15, 0.2) is 30.3 Å². The van der Waals surface area contributed by atoms with Gasteiger partial charge < -0.3 is 20.1 Å². The Bertz CT molecular complexity index is 444. The van der Waals surface area contributed by atoms with Crippen LogP contribution in [0.2, 0.25) is 0 Å². The molecule has 5 heteroatoms. The van der Waals surface area contributed by atoms with Gasteiger partial charge in [-0.15, -0.1) is 0 Å². The average Bonchev–Trinajstić information content (AvgIpc) is 2.54. The van der Waals surface area contributed by atoms with Crippen LogP contribution in [0.5, 0.6) is 0 Å². The van der Waals surface area contributed by atoms with Gasteiger partial charge in [0, 0.05) is 19.6 Å². The number of aliphatic hydroxyl groups excluding tert-OH is 1. The SMILES string of the molecule is C[C@@H](CNC(=O)N1CCC(O)CC1)COCc1ccccc1. The minimum atomic E-state index is -0.255. The van der Waals surface area contributed by atoms with E-state index in [1.807, 2.05) is 30.3 Å². The standard InChI is InChI=1S/C17H26N2O3/c1-14(12-22-13-15-5-3-2-4-6-15)11-18-17(21)19-9-7-16(20)8-10-19/h2-6,14,16,20H,7-13H2,1H3,(H,18,21)/t14-/m0/s1. The van der Waals surface area contributed by atoms with Crippen molar-refractivity contribution >= 4 is 6.03 Å². The molecule has 2 amide bonds. The van der Waals surface area contributed by atoms with Crippen LogP contribution in [0.25, 0.3) is 0 Å². The molecule has 0 aliphatic carbocycles. The molecule has 5 nitrogen and oxygen atoms in total. The van der Waals surface area contributed by atoms with Crippen molar-refractivity contribution in [3.05, 3.63) is 35.9 Å². The minimum Gasteiger partial charge on any atom is -0.393 e. The fourth-order valence-corrected chi connectivity index (χ4v) is 2.45. The smallest absolute Gasteiger partial charge is 0.317 e. The molecule has 1 aromatic carbocycles. The highest BCUT2D eigenvalue weighted by molar-refractivity contribution is 5.74. The van der Waals surface area contributed by atoms with Crippen molar-refractivity contribution in [2.75, 3.05) is 26.2 Å². The number of piperidine rings is 1. The van der Waals surface area contributed by atoms with Gasteiger partial charge in [0.2, 0.25) is 0 Å². The van der Waals surface area contributed by atoms with Crippen molar-refractivity contribution in [3.63, 3.8) is 0 Å². The number of carbonyl (C=O) groups is 1. The molecule has 1 saturated heterocycles. The van der Waals surface area contributed by atoms with E-state index in [1.165, 1.54) is 0 Å². The predicted molar refractivity (Wildman–Crippen MR) is 85.5 cm³/mol. The molecule has 0 saturated carbocycles. The maximum absolute atomic E-state index is 12.0. The molecule has 0 spiro atoms. The molecule has 22 heavy (non-hydrogen) atoms. The molecule has 1 aliphatic rings. The number of carbonyl (C=O) groups excluding carboxylic acids is 1. The zero-order valence-corrected chi connectivity index (χ0v) is 13.2. The molecule has 1 atom stereocenters. The maximum Gasteiger partial charge on any atom is 0.317 e. The van der Waals surface area contributed by atoms with Crippen LogP contribution in [-0.4, -0.2) is 48.4 Å². The summed E-state index contributed by atoms with van der Waals surface area (Å²) in [7, 11) is 0. The first-order chi connectivity index (χ1) is 10.6. The van der Waals surface area contributed by atoms with Crippen LogP contribution in [0, 0.1) is 5.92 Å². The summed E-state index contributed by atoms with van der Waals surface area (Å²) in [5.41, 5.74) is 1.16. The fourth-order valence-electron chi connectivity index (χ4n) is 2.45. The van der Waals surface area contributed by atoms with E-state index in [0.29, 0.717) is 45.7 Å². The second-order valence-electron chi connectivity index (χ2n) is 6.01. The van der Waals surface area contributed by atoms with E-state index in [2.05, 4.69) is 12.2 Å². The molecule has 1 aliphatic heterocycles. The summed E-state index contributed by atoms with van der Waals surface area (Å²) < 4.78 is 5.68. The van der Waals surface area contributed by atoms with Crippen LogP contribution in [0.3, 0.4) is 0 Å². The molecule has 0 unspecified atom stereocenters. The largest absolute Gasteiger partial charge is 0.393 e. The van der Waals surface area contributed by atoms with Crippen LogP contribution in [0.1, 0.15) is 25.3 Å². The van der Waals surface area contributed by atoms with Crippen LogP contribution < -0.4 is 5.32 Å². The second kappa shape index (κ2) is 8.76. The van der Waals surface area contributed by atoms with Gasteiger partial charge in [-0.1, -0.05) is 37.3 Å². The lowest BCUT2D eigenvalue weighted by molar-refractivity contribution is 0.0859. The highest BCUT2D eigenvalue weighted by Crippen LogP contribution is 2.10. The van der Waals surface area contributed by atoms with Crippen molar-refractivity contribution in [1.82, 2.24) is 10.2 Å². The Kier molecular flexibility index (Phi) is 6.68. The predicted octanol–water partition coefficient (Wildman–Crippen LogP) is 2.01. The molecule has 0 aromatic heterocycles. The van der Waals surface area contributed by atoms with Crippen molar-refractivity contribution in [2.45, 2.75) is 32.5 Å². The number of ether oxygens (including phenoxy) is 1. The number of benzene rings is 1. The molecule has 122 valence electrons.